The molecule has 1 fully saturated rings. The minimum absolute atomic E-state index is 0.0579. The fourth-order valence-corrected chi connectivity index (χ4v) is 3.60. The summed E-state index contributed by atoms with van der Waals surface area (Å²) in [7, 11) is 0. The Morgan fingerprint density at radius 2 is 1.96 bits per heavy atom. The summed E-state index contributed by atoms with van der Waals surface area (Å²) in [5, 5.41) is 7.28. The second-order valence-corrected chi connectivity index (χ2v) is 7.10. The van der Waals surface area contributed by atoms with Crippen LogP contribution in [0.5, 0.6) is 0 Å². The molecule has 3 aromatic rings. The van der Waals surface area contributed by atoms with Gasteiger partial charge < -0.3 is 10.2 Å². The topological polar surface area (TPSA) is 75.4 Å². The zero-order valence-corrected chi connectivity index (χ0v) is 15.5. The number of likely N-dealkylation sites (tertiary alicyclic amines) is 1. The summed E-state index contributed by atoms with van der Waals surface area (Å²) in [6.45, 7) is 5.13. The maximum absolute atomic E-state index is 12.9. The average Bonchev–Trinajstić information content (AvgIpc) is 3.17. The van der Waals surface area contributed by atoms with Crippen LogP contribution in [0.2, 0.25) is 0 Å². The number of rotatable bonds is 5. The Labute approximate surface area is 158 Å². The highest BCUT2D eigenvalue weighted by Crippen LogP contribution is 2.19. The Hall–Kier alpha value is -2.80. The van der Waals surface area contributed by atoms with Gasteiger partial charge in [0, 0.05) is 18.2 Å². The number of hydrogen-bond donors (Lipinski definition) is 1. The Balaban J connectivity index is 1.56. The second-order valence-electron chi connectivity index (χ2n) is 7.10. The van der Waals surface area contributed by atoms with Crippen molar-refractivity contribution in [2.45, 2.75) is 32.2 Å². The van der Waals surface area contributed by atoms with E-state index < -0.39 is 0 Å². The van der Waals surface area contributed by atoms with E-state index in [2.05, 4.69) is 25.3 Å². The molecule has 0 spiro atoms. The van der Waals surface area contributed by atoms with Gasteiger partial charge in [0.15, 0.2) is 0 Å². The number of piperidine rings is 1. The van der Waals surface area contributed by atoms with Crippen molar-refractivity contribution in [3.63, 3.8) is 0 Å². The summed E-state index contributed by atoms with van der Waals surface area (Å²) < 4.78 is 1.50. The van der Waals surface area contributed by atoms with Crippen LogP contribution in [0.1, 0.15) is 36.7 Å². The maximum atomic E-state index is 12.9. The van der Waals surface area contributed by atoms with E-state index in [9.17, 15) is 4.79 Å². The zero-order chi connectivity index (χ0) is 18.6. The molecule has 1 aliphatic heterocycles. The molecule has 1 N–H and O–H groups in total. The van der Waals surface area contributed by atoms with E-state index >= 15 is 0 Å². The maximum Gasteiger partial charge on any atom is 0.270 e. The van der Waals surface area contributed by atoms with E-state index in [1.807, 2.05) is 37.3 Å². The van der Waals surface area contributed by atoms with Crippen molar-refractivity contribution in [2.75, 3.05) is 19.6 Å². The molecule has 4 rings (SSSR count). The number of carbonyl (C=O) groups excluding carboxylic acids is 1. The lowest BCUT2D eigenvalue weighted by Gasteiger charge is -2.29. The summed E-state index contributed by atoms with van der Waals surface area (Å²) in [5.41, 5.74) is 2.10. The second kappa shape index (κ2) is 7.84. The van der Waals surface area contributed by atoms with Gasteiger partial charge in [-0.2, -0.15) is 14.6 Å². The summed E-state index contributed by atoms with van der Waals surface area (Å²) in [4.78, 5) is 24.1. The van der Waals surface area contributed by atoms with Crippen LogP contribution >= 0.6 is 0 Å². The summed E-state index contributed by atoms with van der Waals surface area (Å²) in [6.07, 6.45) is 5.21. The van der Waals surface area contributed by atoms with Crippen LogP contribution < -0.4 is 5.32 Å². The number of amides is 1. The molecule has 1 atom stereocenters. The van der Waals surface area contributed by atoms with E-state index in [0.29, 0.717) is 17.2 Å². The predicted molar refractivity (Wildman–Crippen MR) is 103 cm³/mol. The molecule has 1 aliphatic rings. The minimum Gasteiger partial charge on any atom is -0.347 e. The fraction of sp³-hybridized carbons (Fsp3) is 0.400. The lowest BCUT2D eigenvalue weighted by Crippen LogP contribution is -2.44. The number of nitrogens with zero attached hydrogens (tertiary/aromatic N) is 5. The SMILES string of the molecule is C[C@@H](CN1CCCCC1)NC(=O)c1cc(-c2ccccc2)nc2ncnn12. The third-order valence-corrected chi connectivity index (χ3v) is 4.91. The summed E-state index contributed by atoms with van der Waals surface area (Å²) in [5.74, 6) is 0.264. The van der Waals surface area contributed by atoms with Crippen molar-refractivity contribution in [1.82, 2.24) is 29.8 Å². The smallest absolute Gasteiger partial charge is 0.270 e. The van der Waals surface area contributed by atoms with Gasteiger partial charge in [-0.05, 0) is 38.9 Å². The standard InChI is InChI=1S/C20H24N6O/c1-15(13-25-10-6-3-7-11-25)23-19(27)18-12-17(16-8-4-2-5-9-16)24-20-21-14-22-26(18)20/h2,4-5,8-9,12,14-15H,3,6-7,10-11,13H2,1H3,(H,23,27)/t15-/m0/s1. The van der Waals surface area contributed by atoms with Gasteiger partial charge in [0.05, 0.1) is 5.69 Å². The normalized spacial score (nSPS) is 16.3. The third kappa shape index (κ3) is 3.98. The van der Waals surface area contributed by atoms with E-state index in [0.717, 1.165) is 25.2 Å². The van der Waals surface area contributed by atoms with Gasteiger partial charge >= 0.3 is 0 Å². The molecule has 0 saturated carbocycles. The third-order valence-electron chi connectivity index (χ3n) is 4.91. The molecule has 0 radical (unpaired) electrons. The first-order valence-electron chi connectivity index (χ1n) is 9.50. The molecule has 1 saturated heterocycles. The molecule has 140 valence electrons. The lowest BCUT2D eigenvalue weighted by atomic mass is 10.1. The molecule has 3 heterocycles. The molecule has 0 aliphatic carbocycles. The van der Waals surface area contributed by atoms with Gasteiger partial charge in [-0.3, -0.25) is 4.79 Å². The number of carbonyl (C=O) groups is 1. The molecular weight excluding hydrogens is 340 g/mol. The van der Waals surface area contributed by atoms with E-state index in [1.54, 1.807) is 6.07 Å². The number of nitrogens with one attached hydrogen (secondary N) is 1. The van der Waals surface area contributed by atoms with Crippen molar-refractivity contribution >= 4 is 11.7 Å². The summed E-state index contributed by atoms with van der Waals surface area (Å²) in [6, 6.07) is 11.6. The van der Waals surface area contributed by atoms with Gasteiger partial charge in [-0.25, -0.2) is 4.98 Å². The van der Waals surface area contributed by atoms with Crippen molar-refractivity contribution in [2.24, 2.45) is 0 Å². The lowest BCUT2D eigenvalue weighted by molar-refractivity contribution is 0.0918. The minimum atomic E-state index is -0.158. The first-order chi connectivity index (χ1) is 13.2. The molecule has 0 bridgehead atoms. The first-order valence-corrected chi connectivity index (χ1v) is 9.50. The Kier molecular flexibility index (Phi) is 5.11. The van der Waals surface area contributed by atoms with Crippen LogP contribution in [0.4, 0.5) is 0 Å². The van der Waals surface area contributed by atoms with E-state index in [1.165, 1.54) is 30.1 Å². The van der Waals surface area contributed by atoms with Gasteiger partial charge in [-0.1, -0.05) is 36.8 Å². The van der Waals surface area contributed by atoms with Crippen LogP contribution in [-0.4, -0.2) is 56.1 Å². The highest BCUT2D eigenvalue weighted by Gasteiger charge is 2.19. The van der Waals surface area contributed by atoms with Gasteiger partial charge in [-0.15, -0.1) is 0 Å². The number of fused-ring (bicyclic) bond motifs is 1. The first kappa shape index (κ1) is 17.6. The Morgan fingerprint density at radius 1 is 1.19 bits per heavy atom. The van der Waals surface area contributed by atoms with Crippen molar-refractivity contribution in [3.8, 4) is 11.3 Å². The Morgan fingerprint density at radius 3 is 2.74 bits per heavy atom. The van der Waals surface area contributed by atoms with E-state index in [-0.39, 0.29) is 11.9 Å². The monoisotopic (exact) mass is 364 g/mol. The molecule has 2 aromatic heterocycles. The largest absolute Gasteiger partial charge is 0.347 e. The van der Waals surface area contributed by atoms with Gasteiger partial charge in [0.2, 0.25) is 0 Å². The van der Waals surface area contributed by atoms with Crippen molar-refractivity contribution < 1.29 is 4.79 Å². The highest BCUT2D eigenvalue weighted by atomic mass is 16.2. The van der Waals surface area contributed by atoms with E-state index in [4.69, 9.17) is 0 Å². The summed E-state index contributed by atoms with van der Waals surface area (Å²) >= 11 is 0. The van der Waals surface area contributed by atoms with Gasteiger partial charge in [0.1, 0.15) is 12.0 Å². The van der Waals surface area contributed by atoms with Crippen molar-refractivity contribution in [3.05, 3.63) is 48.4 Å². The molecule has 1 amide bonds. The van der Waals surface area contributed by atoms with Crippen LogP contribution in [0.25, 0.3) is 17.0 Å². The molecule has 7 heteroatoms. The quantitative estimate of drug-likeness (QED) is 0.752. The number of aromatic nitrogens is 4. The van der Waals surface area contributed by atoms with Crippen molar-refractivity contribution in [1.29, 1.82) is 0 Å². The number of benzene rings is 1. The Bertz CT molecular complexity index is 917. The van der Waals surface area contributed by atoms with Crippen LogP contribution in [0.15, 0.2) is 42.7 Å². The molecule has 27 heavy (non-hydrogen) atoms. The average molecular weight is 364 g/mol. The predicted octanol–water partition coefficient (Wildman–Crippen LogP) is 2.40. The molecule has 0 unspecified atom stereocenters. The zero-order valence-electron chi connectivity index (χ0n) is 15.5. The van der Waals surface area contributed by atoms with Crippen LogP contribution in [0, 0.1) is 0 Å². The van der Waals surface area contributed by atoms with Crippen LogP contribution in [-0.2, 0) is 0 Å². The molecule has 1 aromatic carbocycles. The highest BCUT2D eigenvalue weighted by molar-refractivity contribution is 5.94. The molecule has 7 nitrogen and oxygen atoms in total. The fourth-order valence-electron chi connectivity index (χ4n) is 3.60. The van der Waals surface area contributed by atoms with Gasteiger partial charge in [0.25, 0.3) is 11.7 Å². The number of hydrogen-bond acceptors (Lipinski definition) is 5. The van der Waals surface area contributed by atoms with Crippen LogP contribution in [0.3, 0.4) is 0 Å². The molecular formula is C20H24N6O.